The number of nitrogens with zero attached hydrogens (tertiary/aromatic N) is 3. The SMILES string of the molecule is CC(C)NC(=O)c1ccc(N2CCN([C@H]3CC[C@@H](c4cc5cccc(F)c5c(=O)[nH]4)C3)CC2)c(F)n1. The number of fused-ring (bicyclic) bond motifs is 1. The van der Waals surface area contributed by atoms with E-state index in [0.29, 0.717) is 30.2 Å². The number of rotatable bonds is 5. The standard InChI is InChI=1S/C27H31F2N5O2/c1-16(2)30-26(35)21-8-9-23(25(29)31-21)34-12-10-33(11-13-34)19-7-6-17(14-19)22-15-18-4-3-5-20(28)24(18)27(36)32-22/h3-5,8-9,15-17,19H,6-7,10-14H2,1-2H3,(H,30,35)(H,32,36)/t17-,19+/m1/s1. The van der Waals surface area contributed by atoms with Gasteiger partial charge in [0.1, 0.15) is 11.5 Å². The van der Waals surface area contributed by atoms with Crippen LogP contribution < -0.4 is 15.8 Å². The molecule has 36 heavy (non-hydrogen) atoms. The van der Waals surface area contributed by atoms with E-state index in [1.54, 1.807) is 24.3 Å². The van der Waals surface area contributed by atoms with Crippen molar-refractivity contribution in [2.75, 3.05) is 31.1 Å². The molecule has 2 fully saturated rings. The minimum atomic E-state index is -0.627. The van der Waals surface area contributed by atoms with E-state index in [9.17, 15) is 18.4 Å². The monoisotopic (exact) mass is 495 g/mol. The Morgan fingerprint density at radius 2 is 1.89 bits per heavy atom. The predicted molar refractivity (Wildman–Crippen MR) is 135 cm³/mol. The Hall–Kier alpha value is -3.33. The third-order valence-electron chi connectivity index (χ3n) is 7.34. The second-order valence-corrected chi connectivity index (χ2v) is 10.1. The van der Waals surface area contributed by atoms with Gasteiger partial charge in [-0.3, -0.25) is 14.5 Å². The maximum Gasteiger partial charge on any atom is 0.270 e. The van der Waals surface area contributed by atoms with Gasteiger partial charge in [0.25, 0.3) is 11.5 Å². The van der Waals surface area contributed by atoms with Gasteiger partial charge in [0.15, 0.2) is 0 Å². The summed E-state index contributed by atoms with van der Waals surface area (Å²) in [4.78, 5) is 35.8. The van der Waals surface area contributed by atoms with E-state index in [0.717, 1.165) is 38.0 Å². The van der Waals surface area contributed by atoms with Gasteiger partial charge in [-0.25, -0.2) is 9.37 Å². The lowest BCUT2D eigenvalue weighted by atomic mass is 10.00. The minimum Gasteiger partial charge on any atom is -0.365 e. The van der Waals surface area contributed by atoms with Gasteiger partial charge >= 0.3 is 0 Å². The molecule has 1 saturated carbocycles. The third kappa shape index (κ3) is 4.84. The number of nitrogens with one attached hydrogen (secondary N) is 2. The van der Waals surface area contributed by atoms with Crippen LogP contribution in [0.1, 0.15) is 55.2 Å². The predicted octanol–water partition coefficient (Wildman–Crippen LogP) is 3.80. The first-order valence-electron chi connectivity index (χ1n) is 12.6. The number of aromatic nitrogens is 2. The molecule has 0 radical (unpaired) electrons. The number of aromatic amines is 1. The van der Waals surface area contributed by atoms with Crippen LogP contribution in [0.5, 0.6) is 0 Å². The lowest BCUT2D eigenvalue weighted by molar-refractivity contribution is 0.0937. The van der Waals surface area contributed by atoms with E-state index in [1.165, 1.54) is 6.07 Å². The molecule has 9 heteroatoms. The van der Waals surface area contributed by atoms with Gasteiger partial charge in [0.05, 0.1) is 11.1 Å². The molecule has 2 aliphatic rings. The highest BCUT2D eigenvalue weighted by atomic mass is 19.1. The smallest absolute Gasteiger partial charge is 0.270 e. The topological polar surface area (TPSA) is 81.3 Å². The number of hydrogen-bond acceptors (Lipinski definition) is 5. The molecule has 1 saturated heterocycles. The van der Waals surface area contributed by atoms with Gasteiger partial charge in [-0.15, -0.1) is 0 Å². The van der Waals surface area contributed by atoms with Gasteiger partial charge < -0.3 is 15.2 Å². The molecule has 1 aliphatic carbocycles. The summed E-state index contributed by atoms with van der Waals surface area (Å²) < 4.78 is 28.8. The number of amides is 1. The van der Waals surface area contributed by atoms with Crippen LogP contribution >= 0.6 is 0 Å². The molecule has 1 aromatic carbocycles. The van der Waals surface area contributed by atoms with Crippen molar-refractivity contribution in [1.82, 2.24) is 20.2 Å². The molecule has 2 N–H and O–H groups in total. The number of pyridine rings is 2. The average Bonchev–Trinajstić information content (AvgIpc) is 3.34. The summed E-state index contributed by atoms with van der Waals surface area (Å²) in [6.45, 7) is 6.62. The molecule has 5 rings (SSSR count). The van der Waals surface area contributed by atoms with E-state index in [1.807, 2.05) is 24.8 Å². The van der Waals surface area contributed by atoms with Crippen molar-refractivity contribution in [3.05, 3.63) is 69.9 Å². The Bertz CT molecular complexity index is 1330. The van der Waals surface area contributed by atoms with Crippen molar-refractivity contribution in [1.29, 1.82) is 0 Å². The van der Waals surface area contributed by atoms with Crippen LogP contribution in [0.3, 0.4) is 0 Å². The van der Waals surface area contributed by atoms with Gasteiger partial charge in [-0.2, -0.15) is 4.39 Å². The Balaban J connectivity index is 1.21. The summed E-state index contributed by atoms with van der Waals surface area (Å²) in [5.74, 6) is -1.28. The largest absolute Gasteiger partial charge is 0.365 e. The molecule has 2 atom stereocenters. The van der Waals surface area contributed by atoms with Crippen molar-refractivity contribution in [3.63, 3.8) is 0 Å². The number of hydrogen-bond donors (Lipinski definition) is 2. The van der Waals surface area contributed by atoms with Gasteiger partial charge in [-0.05, 0) is 62.8 Å². The van der Waals surface area contributed by atoms with E-state index in [2.05, 4.69) is 20.2 Å². The van der Waals surface area contributed by atoms with E-state index >= 15 is 0 Å². The molecule has 0 spiro atoms. The van der Waals surface area contributed by atoms with E-state index in [-0.39, 0.29) is 34.5 Å². The molecule has 1 aliphatic heterocycles. The Morgan fingerprint density at radius 1 is 1.11 bits per heavy atom. The molecule has 190 valence electrons. The molecule has 3 heterocycles. The summed E-state index contributed by atoms with van der Waals surface area (Å²) in [5.41, 5.74) is 0.992. The molecular formula is C27H31F2N5O2. The van der Waals surface area contributed by atoms with Gasteiger partial charge in [-0.1, -0.05) is 12.1 Å². The fourth-order valence-corrected chi connectivity index (χ4v) is 5.54. The maximum atomic E-state index is 14.7. The molecule has 7 nitrogen and oxygen atoms in total. The fourth-order valence-electron chi connectivity index (χ4n) is 5.54. The van der Waals surface area contributed by atoms with Crippen LogP contribution in [0, 0.1) is 11.8 Å². The summed E-state index contributed by atoms with van der Waals surface area (Å²) in [5, 5.41) is 3.47. The lowest BCUT2D eigenvalue weighted by Crippen LogP contribution is -2.50. The van der Waals surface area contributed by atoms with Gasteiger partial charge in [0, 0.05) is 49.9 Å². The molecular weight excluding hydrogens is 464 g/mol. The second-order valence-electron chi connectivity index (χ2n) is 10.1. The number of anilines is 1. The zero-order valence-electron chi connectivity index (χ0n) is 20.6. The first-order valence-corrected chi connectivity index (χ1v) is 12.6. The number of carbonyl (C=O) groups is 1. The number of halogens is 2. The zero-order chi connectivity index (χ0) is 25.4. The third-order valence-corrected chi connectivity index (χ3v) is 7.34. The normalized spacial score (nSPS) is 20.9. The van der Waals surface area contributed by atoms with Crippen LogP contribution in [0.15, 0.2) is 41.2 Å². The van der Waals surface area contributed by atoms with E-state index in [4.69, 9.17) is 0 Å². The Labute approximate surface area is 208 Å². The van der Waals surface area contributed by atoms with Crippen LogP contribution in [0.4, 0.5) is 14.5 Å². The second kappa shape index (κ2) is 9.97. The van der Waals surface area contributed by atoms with Crippen LogP contribution in [-0.2, 0) is 0 Å². The summed E-state index contributed by atoms with van der Waals surface area (Å²) in [6.07, 6.45) is 2.90. The quantitative estimate of drug-likeness (QED) is 0.527. The van der Waals surface area contributed by atoms with Crippen LogP contribution in [0.2, 0.25) is 0 Å². The summed E-state index contributed by atoms with van der Waals surface area (Å²) in [6, 6.07) is 10.2. The highest BCUT2D eigenvalue weighted by Crippen LogP contribution is 2.37. The van der Waals surface area contributed by atoms with E-state index < -0.39 is 11.8 Å². The Morgan fingerprint density at radius 3 is 2.61 bits per heavy atom. The Kier molecular flexibility index (Phi) is 6.75. The first-order chi connectivity index (χ1) is 17.3. The minimum absolute atomic E-state index is 0.0465. The van der Waals surface area contributed by atoms with Crippen LogP contribution in [0.25, 0.3) is 10.8 Å². The van der Waals surface area contributed by atoms with Crippen molar-refractivity contribution < 1.29 is 13.6 Å². The molecule has 1 amide bonds. The molecule has 3 aromatic rings. The average molecular weight is 496 g/mol. The van der Waals surface area contributed by atoms with Crippen molar-refractivity contribution in [3.8, 4) is 0 Å². The lowest BCUT2D eigenvalue weighted by Gasteiger charge is -2.39. The highest BCUT2D eigenvalue weighted by Gasteiger charge is 2.33. The fraction of sp³-hybridized carbons (Fsp3) is 0.444. The number of piperazine rings is 1. The molecule has 0 unspecified atom stereocenters. The zero-order valence-corrected chi connectivity index (χ0v) is 20.6. The number of carbonyl (C=O) groups excluding carboxylic acids is 1. The summed E-state index contributed by atoms with van der Waals surface area (Å²) in [7, 11) is 0. The number of H-pyrrole nitrogens is 1. The number of benzene rings is 1. The van der Waals surface area contributed by atoms with Crippen molar-refractivity contribution >= 4 is 22.4 Å². The maximum absolute atomic E-state index is 14.7. The molecule has 0 bridgehead atoms. The first kappa shape index (κ1) is 24.4. The van der Waals surface area contributed by atoms with Gasteiger partial charge in [0.2, 0.25) is 5.95 Å². The van der Waals surface area contributed by atoms with Crippen LogP contribution in [-0.4, -0.2) is 59.0 Å². The van der Waals surface area contributed by atoms with Crippen molar-refractivity contribution in [2.45, 2.75) is 51.1 Å². The summed E-state index contributed by atoms with van der Waals surface area (Å²) >= 11 is 0. The highest BCUT2D eigenvalue weighted by molar-refractivity contribution is 5.92. The van der Waals surface area contributed by atoms with Crippen molar-refractivity contribution in [2.24, 2.45) is 0 Å². The molecule has 2 aromatic heterocycles.